The van der Waals surface area contributed by atoms with Crippen LogP contribution in [0.15, 0.2) is 66.9 Å². The van der Waals surface area contributed by atoms with E-state index in [4.69, 9.17) is 9.47 Å². The van der Waals surface area contributed by atoms with Gasteiger partial charge in [-0.1, -0.05) is 43.3 Å². The Morgan fingerprint density at radius 2 is 1.54 bits per heavy atom. The maximum Gasteiger partial charge on any atom is 0.199 e. The smallest absolute Gasteiger partial charge is 0.199 e. The average Bonchev–Trinajstić information content (AvgIpc) is 3.59. The maximum absolute atomic E-state index is 11.7. The highest BCUT2D eigenvalue weighted by molar-refractivity contribution is 5.98. The third-order valence-electron chi connectivity index (χ3n) is 8.98. The molecule has 7 heteroatoms. The fraction of sp³-hybridized carbons (Fsp3) is 0.412. The molecule has 1 fully saturated rings. The first-order valence-electron chi connectivity index (χ1n) is 14.9. The normalized spacial score (nSPS) is 16.7. The lowest BCUT2D eigenvalue weighted by molar-refractivity contribution is 0.270. The highest BCUT2D eigenvalue weighted by atomic mass is 16.5. The number of hydrogen-bond acceptors (Lipinski definition) is 6. The van der Waals surface area contributed by atoms with Gasteiger partial charge in [-0.05, 0) is 66.9 Å². The number of rotatable bonds is 10. The van der Waals surface area contributed by atoms with Crippen LogP contribution in [-0.4, -0.2) is 73.0 Å². The largest absolute Gasteiger partial charge is 0.494 e. The number of ether oxygens (including phenoxy) is 2. The van der Waals surface area contributed by atoms with Gasteiger partial charge in [0.25, 0.3) is 0 Å². The van der Waals surface area contributed by atoms with Crippen molar-refractivity contribution in [1.82, 2.24) is 14.4 Å². The van der Waals surface area contributed by atoms with E-state index in [0.717, 1.165) is 81.5 Å². The molecule has 3 heterocycles. The summed E-state index contributed by atoms with van der Waals surface area (Å²) in [6, 6.07) is 21.1. The molecule has 2 aliphatic rings. The number of aromatic nitrogens is 1. The summed E-state index contributed by atoms with van der Waals surface area (Å²) in [7, 11) is 3.34. The van der Waals surface area contributed by atoms with E-state index in [2.05, 4.69) is 80.9 Å². The van der Waals surface area contributed by atoms with Gasteiger partial charge >= 0.3 is 0 Å². The van der Waals surface area contributed by atoms with Crippen molar-refractivity contribution < 1.29 is 14.6 Å². The third-order valence-corrected chi connectivity index (χ3v) is 8.98. The Kier molecular flexibility index (Phi) is 8.08. The minimum atomic E-state index is -0.0445. The maximum atomic E-state index is 11.7. The molecule has 0 saturated carbocycles. The second kappa shape index (κ2) is 12.0. The number of fused-ring (bicyclic) bond motifs is 2. The molecule has 2 aliphatic heterocycles. The van der Waals surface area contributed by atoms with E-state index < -0.39 is 0 Å². The summed E-state index contributed by atoms with van der Waals surface area (Å²) in [6.07, 6.45) is 4.06. The van der Waals surface area contributed by atoms with Gasteiger partial charge in [-0.2, -0.15) is 0 Å². The summed E-state index contributed by atoms with van der Waals surface area (Å²) in [5.74, 6) is 1.73. The summed E-state index contributed by atoms with van der Waals surface area (Å²) in [5.41, 5.74) is 5.17. The van der Waals surface area contributed by atoms with Crippen LogP contribution in [0.4, 0.5) is 5.69 Å². The van der Waals surface area contributed by atoms with Crippen LogP contribution >= 0.6 is 0 Å². The lowest BCUT2D eigenvalue weighted by atomic mass is 10.0. The van der Waals surface area contributed by atoms with Crippen molar-refractivity contribution in [2.24, 2.45) is 0 Å². The molecule has 216 valence electrons. The molecule has 0 unspecified atom stereocenters. The Labute approximate surface area is 243 Å². The van der Waals surface area contributed by atoms with Crippen LogP contribution in [0.2, 0.25) is 0 Å². The summed E-state index contributed by atoms with van der Waals surface area (Å²) >= 11 is 0. The van der Waals surface area contributed by atoms with Crippen LogP contribution in [0.3, 0.4) is 0 Å². The van der Waals surface area contributed by atoms with Crippen LogP contribution in [0, 0.1) is 0 Å². The van der Waals surface area contributed by atoms with E-state index in [1.807, 2.05) is 12.1 Å². The monoisotopic (exact) mass is 554 g/mol. The first-order valence-corrected chi connectivity index (χ1v) is 14.9. The van der Waals surface area contributed by atoms with E-state index in [0.29, 0.717) is 17.4 Å². The minimum absolute atomic E-state index is 0.0445. The fourth-order valence-electron chi connectivity index (χ4n) is 6.64. The third kappa shape index (κ3) is 5.48. The lowest BCUT2D eigenvalue weighted by Gasteiger charge is -2.35. The van der Waals surface area contributed by atoms with Crippen molar-refractivity contribution in [3.05, 3.63) is 83.6 Å². The predicted octanol–water partition coefficient (Wildman–Crippen LogP) is 5.89. The van der Waals surface area contributed by atoms with Gasteiger partial charge in [0.05, 0.1) is 20.3 Å². The Hall–Kier alpha value is -3.68. The Morgan fingerprint density at radius 1 is 0.805 bits per heavy atom. The van der Waals surface area contributed by atoms with E-state index in [9.17, 15) is 5.11 Å². The molecule has 0 spiro atoms. The second-order valence-electron chi connectivity index (χ2n) is 11.3. The molecule has 0 aliphatic carbocycles. The molecule has 7 nitrogen and oxygen atoms in total. The van der Waals surface area contributed by atoms with Crippen molar-refractivity contribution in [3.63, 3.8) is 0 Å². The number of piperazine rings is 1. The van der Waals surface area contributed by atoms with Gasteiger partial charge in [0.15, 0.2) is 17.4 Å². The highest BCUT2D eigenvalue weighted by Crippen LogP contribution is 2.41. The molecule has 3 aromatic carbocycles. The van der Waals surface area contributed by atoms with Gasteiger partial charge in [-0.3, -0.25) is 4.90 Å². The zero-order chi connectivity index (χ0) is 28.3. The number of hydrogen-bond donors (Lipinski definition) is 1. The summed E-state index contributed by atoms with van der Waals surface area (Å²) < 4.78 is 13.3. The van der Waals surface area contributed by atoms with Crippen molar-refractivity contribution in [1.29, 1.82) is 0 Å². The van der Waals surface area contributed by atoms with Gasteiger partial charge in [0.1, 0.15) is 0 Å². The Bertz CT molecular complexity index is 1470. The predicted molar refractivity (Wildman–Crippen MR) is 165 cm³/mol. The standard InChI is InChI=1S/C34H42N4O3/c1-4-35-17-19-37(20-18-35)31-12-7-11-28-29(31)24-38(34(28)39)30(25-14-15-32(40-2)33(21-25)41-3)13-8-16-36-22-26-9-5-6-10-27(26)23-36/h5-7,9-12,14-15,21,24,30,39H,4,8,13,16-20,22-23H2,1-3H3/t30-/m1/s1. The molecular weight excluding hydrogens is 512 g/mol. The Morgan fingerprint density at radius 3 is 2.22 bits per heavy atom. The summed E-state index contributed by atoms with van der Waals surface area (Å²) in [5, 5.41) is 13.7. The summed E-state index contributed by atoms with van der Waals surface area (Å²) in [6.45, 7) is 10.5. The molecule has 1 atom stereocenters. The molecule has 4 aromatic rings. The number of anilines is 1. The number of likely N-dealkylation sites (N-methyl/N-ethyl adjacent to an activating group) is 1. The zero-order valence-electron chi connectivity index (χ0n) is 24.6. The molecule has 0 amide bonds. The van der Waals surface area contributed by atoms with Crippen LogP contribution in [0.25, 0.3) is 10.8 Å². The minimum Gasteiger partial charge on any atom is -0.494 e. The van der Waals surface area contributed by atoms with Gasteiger partial charge in [-0.25, -0.2) is 0 Å². The molecule has 0 radical (unpaired) electrons. The molecule has 0 bridgehead atoms. The number of aromatic hydroxyl groups is 1. The number of benzene rings is 3. The van der Waals surface area contributed by atoms with Crippen molar-refractivity contribution >= 4 is 16.5 Å². The van der Waals surface area contributed by atoms with Crippen LogP contribution in [-0.2, 0) is 13.1 Å². The van der Waals surface area contributed by atoms with E-state index >= 15 is 0 Å². The molecular formula is C34H42N4O3. The molecule has 41 heavy (non-hydrogen) atoms. The van der Waals surface area contributed by atoms with E-state index in [-0.39, 0.29) is 6.04 Å². The van der Waals surface area contributed by atoms with Gasteiger partial charge < -0.3 is 28.9 Å². The quantitative estimate of drug-likeness (QED) is 0.264. The van der Waals surface area contributed by atoms with Crippen molar-refractivity contribution in [2.75, 3.05) is 58.4 Å². The van der Waals surface area contributed by atoms with E-state index in [1.165, 1.54) is 16.8 Å². The molecule has 6 rings (SSSR count). The van der Waals surface area contributed by atoms with Gasteiger partial charge in [0.2, 0.25) is 0 Å². The van der Waals surface area contributed by atoms with Gasteiger partial charge in [-0.15, -0.1) is 0 Å². The van der Waals surface area contributed by atoms with Crippen LogP contribution in [0.5, 0.6) is 17.4 Å². The topological polar surface area (TPSA) is 53.3 Å². The van der Waals surface area contributed by atoms with Crippen molar-refractivity contribution in [3.8, 4) is 17.4 Å². The first-order chi connectivity index (χ1) is 20.1. The van der Waals surface area contributed by atoms with Crippen LogP contribution < -0.4 is 14.4 Å². The first kappa shape index (κ1) is 27.5. The second-order valence-corrected chi connectivity index (χ2v) is 11.3. The van der Waals surface area contributed by atoms with Crippen LogP contribution in [0.1, 0.15) is 42.5 Å². The zero-order valence-corrected chi connectivity index (χ0v) is 24.6. The fourth-order valence-corrected chi connectivity index (χ4v) is 6.64. The Balaban J connectivity index is 1.30. The summed E-state index contributed by atoms with van der Waals surface area (Å²) in [4.78, 5) is 7.48. The average molecular weight is 555 g/mol. The number of methoxy groups -OCH3 is 2. The van der Waals surface area contributed by atoms with E-state index in [1.54, 1.807) is 14.2 Å². The lowest BCUT2D eigenvalue weighted by Crippen LogP contribution is -2.46. The number of nitrogens with zero attached hydrogens (tertiary/aromatic N) is 4. The van der Waals surface area contributed by atoms with Crippen molar-refractivity contribution in [2.45, 2.75) is 38.9 Å². The highest BCUT2D eigenvalue weighted by Gasteiger charge is 2.25. The van der Waals surface area contributed by atoms with Gasteiger partial charge in [0, 0.05) is 61.9 Å². The SMILES string of the molecule is CCN1CCN(c2cccc3c(O)n([C@H](CCCN4Cc5ccccc5C4)c4ccc(OC)c(OC)c4)cc23)CC1. The molecule has 1 saturated heterocycles. The molecule has 1 N–H and O–H groups in total. The molecule has 1 aromatic heterocycles.